The minimum atomic E-state index is 0.235. The molecule has 0 bridgehead atoms. The highest BCUT2D eigenvalue weighted by molar-refractivity contribution is 5.79. The van der Waals surface area contributed by atoms with Crippen LogP contribution in [-0.2, 0) is 4.79 Å². The zero-order chi connectivity index (χ0) is 13.2. The van der Waals surface area contributed by atoms with E-state index in [1.54, 1.807) is 0 Å². The highest BCUT2D eigenvalue weighted by Crippen LogP contribution is 2.36. The van der Waals surface area contributed by atoms with E-state index in [1.165, 1.54) is 44.9 Å². The topological polar surface area (TPSA) is 46.3 Å². The van der Waals surface area contributed by atoms with E-state index in [9.17, 15) is 4.79 Å². The average Bonchev–Trinajstić information content (AvgIpc) is 3.07. The molecular formula is C16H28N2O. The van der Waals surface area contributed by atoms with E-state index in [2.05, 4.69) is 4.90 Å². The highest BCUT2D eigenvalue weighted by atomic mass is 16.2. The monoisotopic (exact) mass is 264 g/mol. The Morgan fingerprint density at radius 2 is 1.74 bits per heavy atom. The van der Waals surface area contributed by atoms with Crippen LogP contribution in [0.25, 0.3) is 0 Å². The Hall–Kier alpha value is -0.570. The van der Waals surface area contributed by atoms with E-state index in [-0.39, 0.29) is 12.0 Å². The molecule has 0 spiro atoms. The van der Waals surface area contributed by atoms with Gasteiger partial charge in [0.15, 0.2) is 0 Å². The molecule has 3 fully saturated rings. The lowest BCUT2D eigenvalue weighted by Crippen LogP contribution is -2.43. The molecule has 1 amide bonds. The van der Waals surface area contributed by atoms with Gasteiger partial charge < -0.3 is 10.6 Å². The summed E-state index contributed by atoms with van der Waals surface area (Å²) >= 11 is 0. The fraction of sp³-hybridized carbons (Fsp3) is 0.938. The van der Waals surface area contributed by atoms with Gasteiger partial charge in [0.05, 0.1) is 0 Å². The molecule has 0 aromatic heterocycles. The second-order valence-electron chi connectivity index (χ2n) is 6.91. The summed E-state index contributed by atoms with van der Waals surface area (Å²) in [6.07, 6.45) is 12.3. The van der Waals surface area contributed by atoms with Crippen molar-refractivity contribution in [2.24, 2.45) is 17.6 Å². The molecular weight excluding hydrogens is 236 g/mol. The molecule has 19 heavy (non-hydrogen) atoms. The van der Waals surface area contributed by atoms with Gasteiger partial charge in [-0.05, 0) is 50.9 Å². The van der Waals surface area contributed by atoms with Gasteiger partial charge in [0.2, 0.25) is 5.91 Å². The second-order valence-corrected chi connectivity index (χ2v) is 6.91. The maximum absolute atomic E-state index is 12.7. The third kappa shape index (κ3) is 2.81. The third-order valence-corrected chi connectivity index (χ3v) is 5.60. The van der Waals surface area contributed by atoms with E-state index in [0.717, 1.165) is 31.7 Å². The second kappa shape index (κ2) is 5.82. The smallest absolute Gasteiger partial charge is 0.225 e. The Balaban J connectivity index is 1.63. The summed E-state index contributed by atoms with van der Waals surface area (Å²) in [4.78, 5) is 15.0. The first-order chi connectivity index (χ1) is 9.25. The Bertz CT molecular complexity index is 325. The highest BCUT2D eigenvalue weighted by Gasteiger charge is 2.39. The van der Waals surface area contributed by atoms with Crippen molar-refractivity contribution in [3.63, 3.8) is 0 Å². The van der Waals surface area contributed by atoms with Crippen LogP contribution in [0, 0.1) is 11.8 Å². The molecule has 108 valence electrons. The molecule has 3 atom stereocenters. The Morgan fingerprint density at radius 1 is 0.947 bits per heavy atom. The molecule has 2 saturated carbocycles. The van der Waals surface area contributed by atoms with Crippen molar-refractivity contribution in [1.29, 1.82) is 0 Å². The molecule has 0 aromatic rings. The normalized spacial score (nSPS) is 36.9. The first-order valence-electron chi connectivity index (χ1n) is 8.32. The number of carbonyl (C=O) groups is 1. The van der Waals surface area contributed by atoms with Crippen LogP contribution in [0.15, 0.2) is 0 Å². The minimum Gasteiger partial charge on any atom is -0.339 e. The summed E-state index contributed by atoms with van der Waals surface area (Å²) in [5.41, 5.74) is 5.97. The summed E-state index contributed by atoms with van der Waals surface area (Å²) in [6.45, 7) is 1.01. The number of likely N-dealkylation sites (tertiary alicyclic amines) is 1. The summed E-state index contributed by atoms with van der Waals surface area (Å²) in [5, 5.41) is 0. The number of hydrogen-bond acceptors (Lipinski definition) is 2. The minimum absolute atomic E-state index is 0.235. The molecule has 2 N–H and O–H groups in total. The number of hydrogen-bond donors (Lipinski definition) is 1. The summed E-state index contributed by atoms with van der Waals surface area (Å²) < 4.78 is 0. The van der Waals surface area contributed by atoms with Gasteiger partial charge in [-0.2, -0.15) is 0 Å². The predicted molar refractivity (Wildman–Crippen MR) is 76.6 cm³/mol. The van der Waals surface area contributed by atoms with E-state index in [1.807, 2.05) is 0 Å². The molecule has 1 aliphatic heterocycles. The third-order valence-electron chi connectivity index (χ3n) is 5.60. The first-order valence-corrected chi connectivity index (χ1v) is 8.32. The zero-order valence-corrected chi connectivity index (χ0v) is 12.0. The van der Waals surface area contributed by atoms with Gasteiger partial charge in [-0.25, -0.2) is 0 Å². The summed E-state index contributed by atoms with van der Waals surface area (Å²) in [6, 6.07) is 0.828. The SMILES string of the molecule is N[C@@H]1CC[C@@H](C(=O)N2CCC[C@@H]2C2CCCCC2)C1. The van der Waals surface area contributed by atoms with Crippen molar-refractivity contribution in [2.45, 2.75) is 76.3 Å². The predicted octanol–water partition coefficient (Wildman–Crippen LogP) is 2.69. The van der Waals surface area contributed by atoms with Crippen molar-refractivity contribution in [1.82, 2.24) is 4.90 Å². The number of amides is 1. The molecule has 3 heteroatoms. The van der Waals surface area contributed by atoms with E-state index < -0.39 is 0 Å². The quantitative estimate of drug-likeness (QED) is 0.833. The van der Waals surface area contributed by atoms with Crippen LogP contribution in [-0.4, -0.2) is 29.4 Å². The van der Waals surface area contributed by atoms with Crippen molar-refractivity contribution in [3.05, 3.63) is 0 Å². The largest absolute Gasteiger partial charge is 0.339 e. The van der Waals surface area contributed by atoms with Crippen LogP contribution in [0.1, 0.15) is 64.2 Å². The molecule has 1 saturated heterocycles. The lowest BCUT2D eigenvalue weighted by atomic mass is 9.82. The molecule has 3 aliphatic rings. The van der Waals surface area contributed by atoms with Crippen molar-refractivity contribution in [3.8, 4) is 0 Å². The van der Waals surface area contributed by atoms with Gasteiger partial charge >= 0.3 is 0 Å². The Labute approximate surface area is 116 Å². The molecule has 2 aliphatic carbocycles. The average molecular weight is 264 g/mol. The van der Waals surface area contributed by atoms with Gasteiger partial charge in [0, 0.05) is 24.5 Å². The molecule has 0 radical (unpaired) electrons. The van der Waals surface area contributed by atoms with Crippen LogP contribution < -0.4 is 5.73 Å². The fourth-order valence-corrected chi connectivity index (χ4v) is 4.55. The number of rotatable bonds is 2. The molecule has 0 aromatic carbocycles. The van der Waals surface area contributed by atoms with Gasteiger partial charge in [-0.3, -0.25) is 4.79 Å². The molecule has 0 unspecified atom stereocenters. The number of carbonyl (C=O) groups excluding carboxylic acids is 1. The first kappa shape index (κ1) is 13.4. The summed E-state index contributed by atoms with van der Waals surface area (Å²) in [7, 11) is 0. The number of nitrogens with two attached hydrogens (primary N) is 1. The van der Waals surface area contributed by atoms with E-state index in [0.29, 0.717) is 11.9 Å². The fourth-order valence-electron chi connectivity index (χ4n) is 4.55. The standard InChI is InChI=1S/C16H28N2O/c17-14-9-8-13(11-14)16(19)18-10-4-7-15(18)12-5-2-1-3-6-12/h12-15H,1-11,17H2/t13-,14-,15-/m1/s1. The zero-order valence-electron chi connectivity index (χ0n) is 12.0. The van der Waals surface area contributed by atoms with Crippen LogP contribution in [0.3, 0.4) is 0 Å². The van der Waals surface area contributed by atoms with Gasteiger partial charge in [-0.1, -0.05) is 19.3 Å². The van der Waals surface area contributed by atoms with Crippen molar-refractivity contribution >= 4 is 5.91 Å². The van der Waals surface area contributed by atoms with Gasteiger partial charge in [0.1, 0.15) is 0 Å². The molecule has 1 heterocycles. The lowest BCUT2D eigenvalue weighted by Gasteiger charge is -2.35. The maximum Gasteiger partial charge on any atom is 0.225 e. The van der Waals surface area contributed by atoms with Crippen LogP contribution in [0.4, 0.5) is 0 Å². The maximum atomic E-state index is 12.7. The van der Waals surface area contributed by atoms with Gasteiger partial charge in [-0.15, -0.1) is 0 Å². The lowest BCUT2D eigenvalue weighted by molar-refractivity contribution is -0.137. The molecule has 3 nitrogen and oxygen atoms in total. The number of nitrogens with zero attached hydrogens (tertiary/aromatic N) is 1. The Morgan fingerprint density at radius 3 is 2.42 bits per heavy atom. The van der Waals surface area contributed by atoms with Gasteiger partial charge in [0.25, 0.3) is 0 Å². The van der Waals surface area contributed by atoms with Crippen LogP contribution in [0.5, 0.6) is 0 Å². The van der Waals surface area contributed by atoms with E-state index in [4.69, 9.17) is 5.73 Å². The summed E-state index contributed by atoms with van der Waals surface area (Å²) in [5.74, 6) is 1.45. The Kier molecular flexibility index (Phi) is 4.11. The van der Waals surface area contributed by atoms with Crippen molar-refractivity contribution < 1.29 is 4.79 Å². The van der Waals surface area contributed by atoms with E-state index >= 15 is 0 Å². The molecule has 3 rings (SSSR count). The van der Waals surface area contributed by atoms with Crippen LogP contribution >= 0.6 is 0 Å². The van der Waals surface area contributed by atoms with Crippen LogP contribution in [0.2, 0.25) is 0 Å². The van der Waals surface area contributed by atoms with Crippen molar-refractivity contribution in [2.75, 3.05) is 6.54 Å².